The Kier molecular flexibility index (Phi) is 6.60. The van der Waals surface area contributed by atoms with E-state index >= 15 is 0 Å². The molecule has 2 aliphatic heterocycles. The number of rotatable bonds is 7. The van der Waals surface area contributed by atoms with Gasteiger partial charge in [-0.05, 0) is 29.8 Å². The SMILES string of the molecule is C=C(NOCC(=O)N1CCOCC1)c1cccc(-c2cc(-c3cc4c([nH]3)CCNC4=O)ccn2)c1. The molecule has 1 saturated heterocycles. The van der Waals surface area contributed by atoms with Crippen molar-refractivity contribution in [3.63, 3.8) is 0 Å². The Bertz CT molecular complexity index is 1260. The van der Waals surface area contributed by atoms with Gasteiger partial charge in [-0.15, -0.1) is 0 Å². The zero-order valence-corrected chi connectivity index (χ0v) is 19.3. The molecule has 0 atom stereocenters. The fourth-order valence-corrected chi connectivity index (χ4v) is 4.22. The first kappa shape index (κ1) is 22.8. The number of carbonyl (C=O) groups is 2. The quantitative estimate of drug-likeness (QED) is 0.455. The highest BCUT2D eigenvalue weighted by atomic mass is 16.6. The molecule has 5 rings (SSSR count). The molecule has 180 valence electrons. The van der Waals surface area contributed by atoms with Gasteiger partial charge in [0.15, 0.2) is 6.61 Å². The van der Waals surface area contributed by atoms with Crippen LogP contribution in [0.25, 0.3) is 28.2 Å². The van der Waals surface area contributed by atoms with Crippen molar-refractivity contribution < 1.29 is 19.2 Å². The summed E-state index contributed by atoms with van der Waals surface area (Å²) in [6.45, 7) is 6.85. The van der Waals surface area contributed by atoms with E-state index in [1.54, 1.807) is 11.1 Å². The molecular formula is C26H27N5O4. The third-order valence-corrected chi connectivity index (χ3v) is 6.14. The lowest BCUT2D eigenvalue weighted by Gasteiger charge is -2.26. The number of fused-ring (bicyclic) bond motifs is 1. The smallest absolute Gasteiger partial charge is 0.253 e. The molecule has 9 heteroatoms. The van der Waals surface area contributed by atoms with E-state index < -0.39 is 0 Å². The van der Waals surface area contributed by atoms with Crippen molar-refractivity contribution in [3.05, 3.63) is 72.1 Å². The van der Waals surface area contributed by atoms with Crippen molar-refractivity contribution >= 4 is 17.5 Å². The Labute approximate surface area is 203 Å². The summed E-state index contributed by atoms with van der Waals surface area (Å²) in [5.74, 6) is -0.137. The second-order valence-electron chi connectivity index (χ2n) is 8.45. The standard InChI is InChI=1S/C26H27N5O4/c1-17(30-35-16-25(32)31-9-11-34-12-10-31)18-3-2-4-19(13-18)23-14-20(5-7-27-23)24-15-21-22(29-24)6-8-28-26(21)33/h2-5,7,13-15,29-30H,1,6,8-12,16H2,(H,28,33). The number of amides is 2. The van der Waals surface area contributed by atoms with Crippen molar-refractivity contribution in [3.8, 4) is 22.5 Å². The number of aromatic nitrogens is 2. The Morgan fingerprint density at radius 2 is 2.03 bits per heavy atom. The molecule has 0 spiro atoms. The first-order chi connectivity index (χ1) is 17.1. The van der Waals surface area contributed by atoms with E-state index in [4.69, 9.17) is 9.57 Å². The number of benzene rings is 1. The number of morpholine rings is 1. The third-order valence-electron chi connectivity index (χ3n) is 6.14. The van der Waals surface area contributed by atoms with Crippen LogP contribution in [0.1, 0.15) is 21.6 Å². The molecule has 0 unspecified atom stereocenters. The molecule has 1 aromatic carbocycles. The molecule has 0 aliphatic carbocycles. The van der Waals surface area contributed by atoms with Crippen molar-refractivity contribution in [2.45, 2.75) is 6.42 Å². The number of nitrogens with zero attached hydrogens (tertiary/aromatic N) is 2. The van der Waals surface area contributed by atoms with Crippen LogP contribution in [-0.2, 0) is 20.8 Å². The normalized spacial score (nSPS) is 15.3. The molecule has 0 saturated carbocycles. The van der Waals surface area contributed by atoms with Crippen LogP contribution in [0.3, 0.4) is 0 Å². The van der Waals surface area contributed by atoms with Crippen LogP contribution < -0.4 is 10.8 Å². The molecule has 3 N–H and O–H groups in total. The lowest BCUT2D eigenvalue weighted by molar-refractivity contribution is -0.141. The number of pyridine rings is 1. The number of nitrogens with one attached hydrogen (secondary N) is 3. The molecule has 1 fully saturated rings. The predicted octanol–water partition coefficient (Wildman–Crippen LogP) is 2.38. The highest BCUT2D eigenvalue weighted by Crippen LogP contribution is 2.28. The van der Waals surface area contributed by atoms with Crippen LogP contribution in [0.15, 0.2) is 55.2 Å². The van der Waals surface area contributed by atoms with Crippen LogP contribution in [-0.4, -0.2) is 66.1 Å². The summed E-state index contributed by atoms with van der Waals surface area (Å²) < 4.78 is 5.27. The lowest BCUT2D eigenvalue weighted by Crippen LogP contribution is -2.43. The van der Waals surface area contributed by atoms with E-state index in [1.165, 1.54) is 0 Å². The number of aromatic amines is 1. The summed E-state index contributed by atoms with van der Waals surface area (Å²) in [7, 11) is 0. The van der Waals surface area contributed by atoms with Gasteiger partial charge in [-0.2, -0.15) is 0 Å². The molecule has 0 radical (unpaired) electrons. The summed E-state index contributed by atoms with van der Waals surface area (Å²) in [5.41, 5.74) is 9.33. The van der Waals surface area contributed by atoms with Crippen LogP contribution >= 0.6 is 0 Å². The maximum absolute atomic E-state index is 12.2. The Morgan fingerprint density at radius 1 is 1.17 bits per heavy atom. The summed E-state index contributed by atoms with van der Waals surface area (Å²) in [4.78, 5) is 39.4. The molecule has 2 aliphatic rings. The van der Waals surface area contributed by atoms with E-state index in [9.17, 15) is 9.59 Å². The largest absolute Gasteiger partial charge is 0.378 e. The van der Waals surface area contributed by atoms with Crippen molar-refractivity contribution in [2.75, 3.05) is 39.5 Å². The highest BCUT2D eigenvalue weighted by Gasteiger charge is 2.20. The van der Waals surface area contributed by atoms with Crippen LogP contribution in [0.5, 0.6) is 0 Å². The molecular weight excluding hydrogens is 446 g/mol. The topological polar surface area (TPSA) is 109 Å². The third kappa shape index (κ3) is 5.11. The van der Waals surface area contributed by atoms with E-state index in [1.807, 2.05) is 42.5 Å². The minimum atomic E-state index is -0.0909. The minimum absolute atomic E-state index is 0.0457. The highest BCUT2D eigenvalue weighted by molar-refractivity contribution is 5.97. The Morgan fingerprint density at radius 3 is 2.86 bits per heavy atom. The van der Waals surface area contributed by atoms with Gasteiger partial charge in [0.25, 0.3) is 11.8 Å². The molecule has 0 bridgehead atoms. The fourth-order valence-electron chi connectivity index (χ4n) is 4.22. The second-order valence-corrected chi connectivity index (χ2v) is 8.45. The fraction of sp³-hybridized carbons (Fsp3) is 0.269. The van der Waals surface area contributed by atoms with Crippen molar-refractivity contribution in [2.24, 2.45) is 0 Å². The monoisotopic (exact) mass is 473 g/mol. The van der Waals surface area contributed by atoms with Gasteiger partial charge in [0.05, 0.1) is 30.2 Å². The van der Waals surface area contributed by atoms with Gasteiger partial charge in [-0.25, -0.2) is 0 Å². The molecule has 4 heterocycles. The van der Waals surface area contributed by atoms with Crippen molar-refractivity contribution in [1.29, 1.82) is 0 Å². The predicted molar refractivity (Wildman–Crippen MR) is 131 cm³/mol. The molecule has 3 aromatic rings. The van der Waals surface area contributed by atoms with Gasteiger partial charge in [0.1, 0.15) is 0 Å². The van der Waals surface area contributed by atoms with Crippen LogP contribution in [0.4, 0.5) is 0 Å². The number of ether oxygens (including phenoxy) is 1. The summed E-state index contributed by atoms with van der Waals surface area (Å²) in [5, 5.41) is 2.87. The molecule has 2 amide bonds. The zero-order valence-electron chi connectivity index (χ0n) is 19.3. The maximum Gasteiger partial charge on any atom is 0.253 e. The summed E-state index contributed by atoms with van der Waals surface area (Å²) in [6.07, 6.45) is 2.54. The number of carbonyl (C=O) groups excluding carboxylic acids is 2. The van der Waals surface area contributed by atoms with Crippen molar-refractivity contribution in [1.82, 2.24) is 25.7 Å². The van der Waals surface area contributed by atoms with E-state index in [0.717, 1.165) is 40.2 Å². The summed E-state index contributed by atoms with van der Waals surface area (Å²) in [6, 6.07) is 13.6. The molecule has 35 heavy (non-hydrogen) atoms. The number of hydrogen-bond donors (Lipinski definition) is 3. The van der Waals surface area contributed by atoms with E-state index in [0.29, 0.717) is 44.1 Å². The van der Waals surface area contributed by atoms with E-state index in [2.05, 4.69) is 27.3 Å². The Balaban J connectivity index is 1.26. The molecule has 2 aromatic heterocycles. The second kappa shape index (κ2) is 10.1. The van der Waals surface area contributed by atoms with Gasteiger partial charge < -0.3 is 19.9 Å². The number of H-pyrrole nitrogens is 1. The van der Waals surface area contributed by atoms with Crippen LogP contribution in [0, 0.1) is 0 Å². The van der Waals surface area contributed by atoms with Gasteiger partial charge in [-0.3, -0.25) is 24.9 Å². The Hall–Kier alpha value is -3.95. The van der Waals surface area contributed by atoms with Gasteiger partial charge in [0.2, 0.25) is 0 Å². The van der Waals surface area contributed by atoms with Gasteiger partial charge >= 0.3 is 0 Å². The number of hydroxylamine groups is 1. The van der Waals surface area contributed by atoms with Crippen LogP contribution in [0.2, 0.25) is 0 Å². The average molecular weight is 474 g/mol. The summed E-state index contributed by atoms with van der Waals surface area (Å²) >= 11 is 0. The first-order valence-electron chi connectivity index (χ1n) is 11.6. The maximum atomic E-state index is 12.2. The molecule has 9 nitrogen and oxygen atoms in total. The first-order valence-corrected chi connectivity index (χ1v) is 11.6. The lowest BCUT2D eigenvalue weighted by atomic mass is 10.0. The van der Waals surface area contributed by atoms with Gasteiger partial charge in [0, 0.05) is 54.8 Å². The van der Waals surface area contributed by atoms with E-state index in [-0.39, 0.29) is 18.4 Å². The van der Waals surface area contributed by atoms with Gasteiger partial charge in [-0.1, -0.05) is 24.8 Å². The minimum Gasteiger partial charge on any atom is -0.378 e. The average Bonchev–Trinajstić information content (AvgIpc) is 3.35. The number of hydrogen-bond acceptors (Lipinski definition) is 6. The zero-order chi connectivity index (χ0) is 24.2.